The standard InChI is InChI=1S/C46H45F3N10O11/c47-46(48,49)27-53-36-23-30(12-13-52-36)43-55-34(26-70-43)41(62)54-33-25-58(57-39(33)40(50)61)31-8-6-28(7-9-31)24-51-14-16-67-18-20-69-22-21-68-19-17-66-15-2-4-29-3-1-5-32-38(29)45(65)59(44(32)64)35-10-11-37(60)56-42(35)63/h1,3,5-9,12-13,23,25-26,35,51H,10-11,14-22,24,27H2,(H2,50,61)(H,52,53)(H,54,62)(H,56,60,63). The first kappa shape index (κ1) is 50.1. The summed E-state index contributed by atoms with van der Waals surface area (Å²) in [7, 11) is 0. The number of rotatable bonds is 23. The third-order valence-corrected chi connectivity index (χ3v) is 10.3. The fraction of sp³-hybridized carbons (Fsp3) is 0.326. The van der Waals surface area contributed by atoms with Gasteiger partial charge < -0.3 is 45.0 Å². The van der Waals surface area contributed by atoms with Crippen LogP contribution in [0.15, 0.2) is 77.7 Å². The molecule has 6 amide bonds. The lowest BCUT2D eigenvalue weighted by atomic mass is 10.0. The number of anilines is 2. The zero-order chi connectivity index (χ0) is 49.6. The number of aromatic nitrogens is 4. The topological polar surface area (TPSA) is 273 Å². The highest BCUT2D eigenvalue weighted by Crippen LogP contribution is 2.30. The number of carbonyl (C=O) groups is 6. The number of imide groups is 2. The molecule has 6 N–H and O–H groups in total. The van der Waals surface area contributed by atoms with Crippen molar-refractivity contribution >= 4 is 46.9 Å². The van der Waals surface area contributed by atoms with Crippen molar-refractivity contribution in [2.75, 3.05) is 76.6 Å². The second kappa shape index (κ2) is 23.5. The molecule has 2 aromatic carbocycles. The van der Waals surface area contributed by atoms with Gasteiger partial charge in [0, 0.05) is 36.8 Å². The Balaban J connectivity index is 0.732. The number of alkyl halides is 3. The summed E-state index contributed by atoms with van der Waals surface area (Å²) in [5.74, 6) is 1.58. The van der Waals surface area contributed by atoms with Crippen molar-refractivity contribution in [3.05, 3.63) is 107 Å². The summed E-state index contributed by atoms with van der Waals surface area (Å²) in [6, 6.07) is 13.7. The van der Waals surface area contributed by atoms with Crippen molar-refractivity contribution in [1.29, 1.82) is 0 Å². The van der Waals surface area contributed by atoms with Crippen molar-refractivity contribution in [2.45, 2.75) is 31.6 Å². The van der Waals surface area contributed by atoms with Crippen LogP contribution in [0.3, 0.4) is 0 Å². The Morgan fingerprint density at radius 1 is 0.929 bits per heavy atom. The van der Waals surface area contributed by atoms with E-state index in [9.17, 15) is 41.9 Å². The second-order valence-corrected chi connectivity index (χ2v) is 15.3. The zero-order valence-electron chi connectivity index (χ0n) is 37.1. The number of piperidine rings is 1. The quantitative estimate of drug-likeness (QED) is 0.0358. The van der Waals surface area contributed by atoms with Gasteiger partial charge in [0.25, 0.3) is 23.6 Å². The number of nitrogens with two attached hydrogens (primary N) is 1. The Morgan fingerprint density at radius 3 is 2.37 bits per heavy atom. The molecule has 5 aromatic rings. The molecule has 0 radical (unpaired) electrons. The van der Waals surface area contributed by atoms with Crippen LogP contribution >= 0.6 is 0 Å². The monoisotopic (exact) mass is 970 g/mol. The number of pyridine rings is 1. The average molecular weight is 971 g/mol. The van der Waals surface area contributed by atoms with E-state index in [-0.39, 0.29) is 71.5 Å². The summed E-state index contributed by atoms with van der Waals surface area (Å²) >= 11 is 0. The summed E-state index contributed by atoms with van der Waals surface area (Å²) in [6.07, 6.45) is -0.629. The minimum atomic E-state index is -4.45. The number of nitrogens with one attached hydrogen (secondary N) is 4. The molecular formula is C46H45F3N10O11. The number of nitrogens with zero attached hydrogens (tertiary/aromatic N) is 5. The molecule has 1 atom stereocenters. The first-order valence-electron chi connectivity index (χ1n) is 21.6. The molecule has 0 saturated carbocycles. The molecule has 7 rings (SSSR count). The van der Waals surface area contributed by atoms with Crippen molar-refractivity contribution in [3.63, 3.8) is 0 Å². The van der Waals surface area contributed by atoms with Gasteiger partial charge in [-0.25, -0.2) is 14.6 Å². The first-order chi connectivity index (χ1) is 33.8. The highest BCUT2D eigenvalue weighted by atomic mass is 19.4. The lowest BCUT2D eigenvalue weighted by Crippen LogP contribution is -2.54. The molecule has 366 valence electrons. The van der Waals surface area contributed by atoms with Gasteiger partial charge in [-0.1, -0.05) is 30.0 Å². The fourth-order valence-electron chi connectivity index (χ4n) is 7.00. The van der Waals surface area contributed by atoms with E-state index in [0.29, 0.717) is 64.0 Å². The van der Waals surface area contributed by atoms with Crippen molar-refractivity contribution in [1.82, 2.24) is 35.3 Å². The van der Waals surface area contributed by atoms with Gasteiger partial charge in [0.1, 0.15) is 31.3 Å². The van der Waals surface area contributed by atoms with Gasteiger partial charge in [-0.2, -0.15) is 18.3 Å². The molecule has 2 aliphatic heterocycles. The van der Waals surface area contributed by atoms with Crippen molar-refractivity contribution < 1.29 is 65.3 Å². The molecule has 70 heavy (non-hydrogen) atoms. The number of oxazole rings is 1. The lowest BCUT2D eigenvalue weighted by molar-refractivity contribution is -0.136. The van der Waals surface area contributed by atoms with Crippen molar-refractivity contribution in [3.8, 4) is 29.0 Å². The molecule has 1 unspecified atom stereocenters. The van der Waals surface area contributed by atoms with Crippen LogP contribution < -0.4 is 27.0 Å². The molecular weight excluding hydrogens is 926 g/mol. The minimum absolute atomic E-state index is 0.0106. The largest absolute Gasteiger partial charge is 0.444 e. The summed E-state index contributed by atoms with van der Waals surface area (Å²) in [4.78, 5) is 84.2. The first-order valence-corrected chi connectivity index (χ1v) is 21.6. The molecule has 1 fully saturated rings. The number of hydrogen-bond acceptors (Lipinski definition) is 16. The van der Waals surface area contributed by atoms with E-state index in [2.05, 4.69) is 48.2 Å². The van der Waals surface area contributed by atoms with Crippen LogP contribution in [-0.4, -0.2) is 138 Å². The highest BCUT2D eigenvalue weighted by molar-refractivity contribution is 6.24. The van der Waals surface area contributed by atoms with Crippen LogP contribution in [-0.2, 0) is 35.1 Å². The Hall–Kier alpha value is -7.82. The van der Waals surface area contributed by atoms with E-state index in [1.807, 2.05) is 12.1 Å². The van der Waals surface area contributed by atoms with Crippen LogP contribution in [0.4, 0.5) is 24.7 Å². The third-order valence-electron chi connectivity index (χ3n) is 10.3. The van der Waals surface area contributed by atoms with Gasteiger partial charge in [0.05, 0.1) is 74.9 Å². The normalized spacial score (nSPS) is 14.6. The van der Waals surface area contributed by atoms with Crippen LogP contribution in [0.5, 0.6) is 0 Å². The molecule has 1 saturated heterocycles. The molecule has 0 spiro atoms. The van der Waals surface area contributed by atoms with Crippen LogP contribution in [0.25, 0.3) is 17.1 Å². The summed E-state index contributed by atoms with van der Waals surface area (Å²) in [5, 5.41) is 14.4. The predicted molar refractivity (Wildman–Crippen MR) is 239 cm³/mol. The van der Waals surface area contributed by atoms with Gasteiger partial charge >= 0.3 is 6.18 Å². The van der Waals surface area contributed by atoms with Gasteiger partial charge in [0.2, 0.25) is 17.7 Å². The predicted octanol–water partition coefficient (Wildman–Crippen LogP) is 2.86. The maximum absolute atomic E-state index is 13.2. The zero-order valence-corrected chi connectivity index (χ0v) is 37.1. The van der Waals surface area contributed by atoms with E-state index in [1.165, 1.54) is 35.3 Å². The molecule has 21 nitrogen and oxygen atoms in total. The van der Waals surface area contributed by atoms with Crippen LogP contribution in [0.1, 0.15) is 65.7 Å². The number of halogens is 3. The molecule has 2 aliphatic rings. The SMILES string of the molecule is NC(=O)c1nn(-c2ccc(CNCCOCCOCCOCCOCC#Cc3cccc4c3C(=O)N(C3CCC(=O)NC3=O)C4=O)cc2)cc1NC(=O)c1coc(-c2ccnc(NCC(F)(F)F)c2)n1. The fourth-order valence-corrected chi connectivity index (χ4v) is 7.00. The number of benzene rings is 2. The Morgan fingerprint density at radius 2 is 1.66 bits per heavy atom. The second-order valence-electron chi connectivity index (χ2n) is 15.3. The molecule has 24 heteroatoms. The van der Waals surface area contributed by atoms with E-state index in [0.717, 1.165) is 16.7 Å². The van der Waals surface area contributed by atoms with Gasteiger partial charge in [-0.15, -0.1) is 0 Å². The van der Waals surface area contributed by atoms with Crippen LogP contribution in [0, 0.1) is 11.8 Å². The maximum atomic E-state index is 13.2. The van der Waals surface area contributed by atoms with E-state index in [4.69, 9.17) is 29.1 Å². The van der Waals surface area contributed by atoms with Crippen molar-refractivity contribution in [2.24, 2.45) is 5.73 Å². The minimum Gasteiger partial charge on any atom is -0.444 e. The van der Waals surface area contributed by atoms with Crippen LogP contribution in [0.2, 0.25) is 0 Å². The summed E-state index contributed by atoms with van der Waals surface area (Å²) in [6.45, 7) is 2.35. The average Bonchev–Trinajstić information content (AvgIpc) is 4.07. The number of carbonyl (C=O) groups excluding carboxylic acids is 6. The number of hydrogen-bond donors (Lipinski definition) is 5. The number of primary amides is 1. The molecule has 5 heterocycles. The van der Waals surface area contributed by atoms with E-state index < -0.39 is 54.2 Å². The number of amides is 6. The highest BCUT2D eigenvalue weighted by Gasteiger charge is 2.45. The maximum Gasteiger partial charge on any atom is 0.405 e. The van der Waals surface area contributed by atoms with E-state index >= 15 is 0 Å². The van der Waals surface area contributed by atoms with Gasteiger partial charge in [-0.3, -0.25) is 39.0 Å². The summed E-state index contributed by atoms with van der Waals surface area (Å²) < 4.78 is 66.8. The molecule has 0 bridgehead atoms. The van der Waals surface area contributed by atoms with Gasteiger partial charge in [0.15, 0.2) is 11.4 Å². The van der Waals surface area contributed by atoms with Gasteiger partial charge in [-0.05, 0) is 48.4 Å². The Bertz CT molecular complexity index is 2790. The molecule has 0 aliphatic carbocycles. The smallest absolute Gasteiger partial charge is 0.405 e. The Labute approximate surface area is 396 Å². The molecule has 3 aromatic heterocycles. The number of ether oxygens (including phenoxy) is 4. The third kappa shape index (κ3) is 13.2. The lowest BCUT2D eigenvalue weighted by Gasteiger charge is -2.27. The summed E-state index contributed by atoms with van der Waals surface area (Å²) in [5.41, 5.74) is 7.57. The number of fused-ring (bicyclic) bond motifs is 1. The Kier molecular flexibility index (Phi) is 16.8. The van der Waals surface area contributed by atoms with E-state index in [1.54, 1.807) is 24.3 Å².